The van der Waals surface area contributed by atoms with Gasteiger partial charge in [0.2, 0.25) is 5.91 Å². The number of carbonyl (C=O) groups excluding carboxylic acids is 1. The van der Waals surface area contributed by atoms with E-state index in [9.17, 15) is 13.6 Å². The maximum atomic E-state index is 13.4. The fraction of sp³-hybridized carbons (Fsp3) is 0.308. The summed E-state index contributed by atoms with van der Waals surface area (Å²) >= 11 is 1.25. The van der Waals surface area contributed by atoms with Gasteiger partial charge in [-0.15, -0.1) is 11.3 Å². The number of aliphatic hydroxyl groups is 1. The molecule has 2 heterocycles. The van der Waals surface area contributed by atoms with Crippen LogP contribution in [-0.4, -0.2) is 71.3 Å². The Balaban J connectivity index is 1.41. The molecule has 0 bridgehead atoms. The molecule has 0 aliphatic rings. The number of hydrogen-bond donors (Lipinski definition) is 3. The molecule has 0 aliphatic carbocycles. The highest BCUT2D eigenvalue weighted by Crippen LogP contribution is 2.35. The number of hydrogen-bond acceptors (Lipinski definition) is 10. The van der Waals surface area contributed by atoms with Crippen molar-refractivity contribution in [2.45, 2.75) is 12.8 Å². The molecule has 4 aromatic rings. The summed E-state index contributed by atoms with van der Waals surface area (Å²) in [5, 5.41) is 15.8. The lowest BCUT2D eigenvalue weighted by Gasteiger charge is -2.16. The van der Waals surface area contributed by atoms with Crippen molar-refractivity contribution in [2.75, 3.05) is 51.1 Å². The first kappa shape index (κ1) is 28.1. The number of likely N-dealkylation sites (N-methyl/N-ethyl adjacent to an activating group) is 1. The third-order valence-electron chi connectivity index (χ3n) is 5.60. The molecule has 13 heteroatoms. The van der Waals surface area contributed by atoms with E-state index in [2.05, 4.69) is 25.6 Å². The molecule has 0 aliphatic heterocycles. The van der Waals surface area contributed by atoms with Gasteiger partial charge in [-0.3, -0.25) is 4.79 Å². The predicted octanol–water partition coefficient (Wildman–Crippen LogP) is 3.99. The van der Waals surface area contributed by atoms with Crippen molar-refractivity contribution in [2.24, 2.45) is 0 Å². The van der Waals surface area contributed by atoms with Crippen molar-refractivity contribution >= 4 is 44.8 Å². The van der Waals surface area contributed by atoms with Crippen LogP contribution in [0.3, 0.4) is 0 Å². The van der Waals surface area contributed by atoms with E-state index in [4.69, 9.17) is 14.6 Å². The largest absolute Gasteiger partial charge is 0.493 e. The van der Waals surface area contributed by atoms with Crippen molar-refractivity contribution in [1.29, 1.82) is 0 Å². The number of aromatic nitrogens is 3. The maximum absolute atomic E-state index is 13.4. The fourth-order valence-corrected chi connectivity index (χ4v) is 4.58. The lowest BCUT2D eigenvalue weighted by atomic mass is 10.2. The number of carbonyl (C=O) groups is 1. The number of amides is 1. The fourth-order valence-electron chi connectivity index (χ4n) is 3.77. The first-order valence-corrected chi connectivity index (χ1v) is 12.9. The molecular formula is C26H28F2N6O4S. The predicted molar refractivity (Wildman–Crippen MR) is 145 cm³/mol. The zero-order valence-corrected chi connectivity index (χ0v) is 22.2. The Morgan fingerprint density at radius 2 is 1.87 bits per heavy atom. The van der Waals surface area contributed by atoms with Gasteiger partial charge < -0.3 is 30.1 Å². The highest BCUT2D eigenvalue weighted by atomic mass is 32.1. The van der Waals surface area contributed by atoms with Crippen molar-refractivity contribution in [3.8, 4) is 11.5 Å². The van der Waals surface area contributed by atoms with Crippen LogP contribution in [0.1, 0.15) is 11.3 Å². The number of fused-ring (bicyclic) bond motifs is 1. The van der Waals surface area contributed by atoms with Gasteiger partial charge >= 0.3 is 0 Å². The second kappa shape index (κ2) is 13.2. The molecule has 0 unspecified atom stereocenters. The van der Waals surface area contributed by atoms with Gasteiger partial charge in [-0.25, -0.2) is 23.7 Å². The number of ether oxygens (including phenoxy) is 2. The molecule has 2 aromatic heterocycles. The maximum Gasteiger partial charge on any atom is 0.229 e. The van der Waals surface area contributed by atoms with Crippen LogP contribution in [0.5, 0.6) is 11.5 Å². The smallest absolute Gasteiger partial charge is 0.229 e. The average molecular weight is 559 g/mol. The quantitative estimate of drug-likeness (QED) is 0.209. The molecule has 0 fully saturated rings. The summed E-state index contributed by atoms with van der Waals surface area (Å²) < 4.78 is 38.2. The van der Waals surface area contributed by atoms with Crippen molar-refractivity contribution in [1.82, 2.24) is 19.9 Å². The molecule has 3 N–H and O–H groups in total. The normalized spacial score (nSPS) is 11.1. The van der Waals surface area contributed by atoms with Crippen LogP contribution in [0.2, 0.25) is 0 Å². The number of anilines is 3. The van der Waals surface area contributed by atoms with Crippen LogP contribution >= 0.6 is 11.3 Å². The molecule has 0 atom stereocenters. The van der Waals surface area contributed by atoms with Gasteiger partial charge in [0.05, 0.1) is 32.3 Å². The molecule has 0 saturated carbocycles. The van der Waals surface area contributed by atoms with Crippen LogP contribution in [0, 0.1) is 11.6 Å². The Labute approximate surface area is 227 Å². The molecule has 1 amide bonds. The lowest BCUT2D eigenvalue weighted by Crippen LogP contribution is -2.24. The van der Waals surface area contributed by atoms with Gasteiger partial charge in [-0.2, -0.15) is 0 Å². The van der Waals surface area contributed by atoms with E-state index in [-0.39, 0.29) is 18.7 Å². The number of thiazole rings is 1. The summed E-state index contributed by atoms with van der Waals surface area (Å²) in [7, 11) is 3.49. The average Bonchev–Trinajstić information content (AvgIpc) is 3.32. The van der Waals surface area contributed by atoms with Gasteiger partial charge in [0.25, 0.3) is 0 Å². The minimum atomic E-state index is -0.774. The van der Waals surface area contributed by atoms with E-state index in [0.29, 0.717) is 51.4 Å². The van der Waals surface area contributed by atoms with Gasteiger partial charge in [0.15, 0.2) is 16.6 Å². The van der Waals surface area contributed by atoms with Crippen LogP contribution < -0.4 is 20.1 Å². The monoisotopic (exact) mass is 558 g/mol. The first-order valence-electron chi connectivity index (χ1n) is 12.1. The van der Waals surface area contributed by atoms with Crippen LogP contribution in [0.25, 0.3) is 10.9 Å². The number of nitrogens with one attached hydrogen (secondary N) is 2. The van der Waals surface area contributed by atoms with Gasteiger partial charge in [0, 0.05) is 47.4 Å². The number of methoxy groups -OCH3 is 1. The summed E-state index contributed by atoms with van der Waals surface area (Å²) in [6, 6.07) is 6.39. The summed E-state index contributed by atoms with van der Waals surface area (Å²) in [6.07, 6.45) is 3.72. The van der Waals surface area contributed by atoms with Gasteiger partial charge in [0.1, 0.15) is 23.8 Å². The Morgan fingerprint density at radius 1 is 1.08 bits per heavy atom. The Bertz CT molecular complexity index is 1420. The molecule has 4 rings (SSSR count). The number of aliphatic hydroxyl groups excluding tert-OH is 1. The van der Waals surface area contributed by atoms with E-state index in [1.807, 2.05) is 11.9 Å². The van der Waals surface area contributed by atoms with Gasteiger partial charge in [-0.1, -0.05) is 0 Å². The summed E-state index contributed by atoms with van der Waals surface area (Å²) in [5.41, 5.74) is 0.679. The summed E-state index contributed by atoms with van der Waals surface area (Å²) in [6.45, 7) is 1.98. The topological polar surface area (TPSA) is 122 Å². The third kappa shape index (κ3) is 7.78. The molecule has 0 saturated heterocycles. The molecule has 0 radical (unpaired) electrons. The highest BCUT2D eigenvalue weighted by Gasteiger charge is 2.14. The molecule has 206 valence electrons. The molecule has 39 heavy (non-hydrogen) atoms. The lowest BCUT2D eigenvalue weighted by molar-refractivity contribution is -0.115. The van der Waals surface area contributed by atoms with Crippen molar-refractivity contribution < 1.29 is 28.2 Å². The standard InChI is InChI=1S/C26H28F2N6O4S/c1-34(5-6-35)4-3-7-38-23-13-21-20(12-22(23)37-2)25(31-15-30-21)33-26-29-14-19(39-26)11-24(36)32-18-9-16(27)8-17(28)10-18/h8-10,12-15,35H,3-7,11H2,1-2H3,(H,32,36)(H,29,30,31,33). The second-order valence-electron chi connectivity index (χ2n) is 8.61. The zero-order chi connectivity index (χ0) is 27.8. The second-order valence-corrected chi connectivity index (χ2v) is 9.73. The van der Waals surface area contributed by atoms with E-state index in [1.54, 1.807) is 25.4 Å². The van der Waals surface area contributed by atoms with Crippen molar-refractivity contribution in [3.05, 3.63) is 59.4 Å². The SMILES string of the molecule is COc1cc2c(Nc3ncc(CC(=O)Nc4cc(F)cc(F)c4)s3)ncnc2cc1OCCCN(C)CCO. The minimum Gasteiger partial charge on any atom is -0.493 e. The van der Waals surface area contributed by atoms with Crippen LogP contribution in [0.4, 0.5) is 25.4 Å². The van der Waals surface area contributed by atoms with Gasteiger partial charge in [-0.05, 0) is 31.7 Å². The Morgan fingerprint density at radius 3 is 2.62 bits per heavy atom. The number of benzene rings is 2. The van der Waals surface area contributed by atoms with E-state index >= 15 is 0 Å². The Hall–Kier alpha value is -3.94. The number of nitrogens with zero attached hydrogens (tertiary/aromatic N) is 4. The minimum absolute atomic E-state index is 0.0215. The van der Waals surface area contributed by atoms with E-state index < -0.39 is 17.5 Å². The zero-order valence-electron chi connectivity index (χ0n) is 21.4. The molecule has 10 nitrogen and oxygen atoms in total. The first-order chi connectivity index (χ1) is 18.8. The van der Waals surface area contributed by atoms with Crippen LogP contribution in [0.15, 0.2) is 42.9 Å². The Kier molecular flexibility index (Phi) is 9.52. The molecular weight excluding hydrogens is 530 g/mol. The summed E-state index contributed by atoms with van der Waals surface area (Å²) in [4.78, 5) is 28.0. The van der Waals surface area contributed by atoms with E-state index in [1.165, 1.54) is 17.7 Å². The van der Waals surface area contributed by atoms with Crippen LogP contribution in [-0.2, 0) is 11.2 Å². The number of halogens is 2. The van der Waals surface area contributed by atoms with Crippen molar-refractivity contribution in [3.63, 3.8) is 0 Å². The third-order valence-corrected chi connectivity index (χ3v) is 6.52. The van der Waals surface area contributed by atoms with E-state index in [0.717, 1.165) is 31.2 Å². The highest BCUT2D eigenvalue weighted by molar-refractivity contribution is 7.15. The summed E-state index contributed by atoms with van der Waals surface area (Å²) in [5.74, 6) is -0.404. The number of rotatable bonds is 13. The molecule has 2 aromatic carbocycles. The molecule has 0 spiro atoms.